The number of aromatic amines is 1. The Balaban J connectivity index is 2.72. The first-order chi connectivity index (χ1) is 8.95. The third kappa shape index (κ3) is 2.14. The van der Waals surface area contributed by atoms with Gasteiger partial charge in [-0.05, 0) is 37.1 Å². The number of carboxylic acids is 1. The van der Waals surface area contributed by atoms with E-state index in [0.29, 0.717) is 17.0 Å². The fourth-order valence-corrected chi connectivity index (χ4v) is 2.04. The molecular formula is C14H16N2O3. The summed E-state index contributed by atoms with van der Waals surface area (Å²) in [4.78, 5) is 14.2. The highest BCUT2D eigenvalue weighted by molar-refractivity contribution is 6.01. The Labute approximate surface area is 111 Å². The summed E-state index contributed by atoms with van der Waals surface area (Å²) >= 11 is 0. The van der Waals surface area contributed by atoms with E-state index in [2.05, 4.69) is 4.98 Å². The fourth-order valence-electron chi connectivity index (χ4n) is 2.04. The van der Waals surface area contributed by atoms with E-state index in [-0.39, 0.29) is 11.3 Å². The van der Waals surface area contributed by atoms with Crippen LogP contribution in [0.4, 0.5) is 5.69 Å². The zero-order valence-corrected chi connectivity index (χ0v) is 11.1. The smallest absolute Gasteiger partial charge is 0.340 e. The van der Waals surface area contributed by atoms with E-state index >= 15 is 0 Å². The van der Waals surface area contributed by atoms with E-state index in [9.17, 15) is 9.90 Å². The van der Waals surface area contributed by atoms with Crippen molar-refractivity contribution in [1.82, 2.24) is 4.98 Å². The minimum atomic E-state index is -1.06. The number of nitrogens with two attached hydrogens (primary N) is 1. The second-order valence-electron chi connectivity index (χ2n) is 4.44. The average molecular weight is 260 g/mol. The van der Waals surface area contributed by atoms with Crippen molar-refractivity contribution in [3.63, 3.8) is 0 Å². The van der Waals surface area contributed by atoms with Crippen LogP contribution in [0, 0.1) is 13.8 Å². The maximum atomic E-state index is 11.3. The predicted molar refractivity (Wildman–Crippen MR) is 73.6 cm³/mol. The molecule has 0 aliphatic carbocycles. The Hall–Kier alpha value is -2.43. The van der Waals surface area contributed by atoms with Crippen molar-refractivity contribution in [2.45, 2.75) is 13.8 Å². The third-order valence-corrected chi connectivity index (χ3v) is 3.21. The molecule has 0 aliphatic rings. The molecule has 1 aromatic heterocycles. The molecule has 0 spiro atoms. The number of aromatic carboxylic acids is 1. The Bertz CT molecular complexity index is 644. The largest absolute Gasteiger partial charge is 0.496 e. The lowest BCUT2D eigenvalue weighted by Crippen LogP contribution is -2.02. The van der Waals surface area contributed by atoms with Crippen molar-refractivity contribution >= 4 is 11.7 Å². The van der Waals surface area contributed by atoms with Gasteiger partial charge in [0, 0.05) is 11.8 Å². The molecule has 4 N–H and O–H groups in total. The van der Waals surface area contributed by atoms with Crippen LogP contribution in [0.3, 0.4) is 0 Å². The van der Waals surface area contributed by atoms with Gasteiger partial charge in [0.2, 0.25) is 0 Å². The van der Waals surface area contributed by atoms with Crippen LogP contribution in [0.1, 0.15) is 21.5 Å². The highest BCUT2D eigenvalue weighted by Gasteiger charge is 2.20. The number of aromatic nitrogens is 1. The van der Waals surface area contributed by atoms with Gasteiger partial charge in [-0.2, -0.15) is 0 Å². The molecule has 1 heterocycles. The van der Waals surface area contributed by atoms with Crippen molar-refractivity contribution < 1.29 is 14.6 Å². The van der Waals surface area contributed by atoms with E-state index in [1.165, 1.54) is 6.20 Å². The summed E-state index contributed by atoms with van der Waals surface area (Å²) in [6.45, 7) is 3.94. The van der Waals surface area contributed by atoms with Crippen molar-refractivity contribution in [2.75, 3.05) is 12.8 Å². The Morgan fingerprint density at radius 1 is 1.32 bits per heavy atom. The van der Waals surface area contributed by atoms with Gasteiger partial charge in [0.15, 0.2) is 0 Å². The van der Waals surface area contributed by atoms with E-state index in [4.69, 9.17) is 10.5 Å². The summed E-state index contributed by atoms with van der Waals surface area (Å²) in [5, 5.41) is 9.24. The van der Waals surface area contributed by atoms with Crippen molar-refractivity contribution in [1.29, 1.82) is 0 Å². The number of H-pyrrole nitrogens is 1. The first-order valence-corrected chi connectivity index (χ1v) is 5.81. The molecule has 0 saturated carbocycles. The van der Waals surface area contributed by atoms with Gasteiger partial charge in [0.05, 0.1) is 18.5 Å². The second kappa shape index (κ2) is 4.68. The average Bonchev–Trinajstić information content (AvgIpc) is 2.74. The number of ether oxygens (including phenoxy) is 1. The number of benzene rings is 1. The number of methoxy groups -OCH3 is 1. The lowest BCUT2D eigenvalue weighted by molar-refractivity contribution is 0.0699. The molecule has 2 aromatic rings. The van der Waals surface area contributed by atoms with Crippen molar-refractivity contribution in [3.8, 4) is 17.0 Å². The van der Waals surface area contributed by atoms with Gasteiger partial charge in [0.1, 0.15) is 11.3 Å². The third-order valence-electron chi connectivity index (χ3n) is 3.21. The zero-order chi connectivity index (χ0) is 14.2. The summed E-state index contributed by atoms with van der Waals surface area (Å²) < 4.78 is 5.33. The Morgan fingerprint density at radius 3 is 2.53 bits per heavy atom. The molecule has 5 nitrogen and oxygen atoms in total. The molecule has 1 aromatic carbocycles. The van der Waals surface area contributed by atoms with Gasteiger partial charge in [-0.25, -0.2) is 4.79 Å². The van der Waals surface area contributed by atoms with E-state index < -0.39 is 5.97 Å². The number of nitrogens with one attached hydrogen (secondary N) is 1. The minimum absolute atomic E-state index is 0.0709. The molecule has 0 fully saturated rings. The predicted octanol–water partition coefficient (Wildman–Crippen LogP) is 2.59. The second-order valence-corrected chi connectivity index (χ2v) is 4.44. The van der Waals surface area contributed by atoms with Crippen LogP contribution in [0.15, 0.2) is 18.3 Å². The molecule has 0 saturated heterocycles. The molecule has 19 heavy (non-hydrogen) atoms. The van der Waals surface area contributed by atoms with Crippen LogP contribution < -0.4 is 10.5 Å². The summed E-state index contributed by atoms with van der Waals surface area (Å²) in [7, 11) is 1.56. The molecule has 5 heteroatoms. The van der Waals surface area contributed by atoms with Crippen molar-refractivity contribution in [3.05, 3.63) is 35.0 Å². The molecular weight excluding hydrogens is 244 g/mol. The first kappa shape index (κ1) is 13.0. The Kier molecular flexibility index (Phi) is 3.21. The fraction of sp³-hybridized carbons (Fsp3) is 0.214. The summed E-state index contributed by atoms with van der Waals surface area (Å²) in [6, 6.07) is 3.78. The first-order valence-electron chi connectivity index (χ1n) is 5.81. The van der Waals surface area contributed by atoms with Crippen LogP contribution in [-0.4, -0.2) is 23.2 Å². The molecule has 0 radical (unpaired) electrons. The molecule has 0 bridgehead atoms. The van der Waals surface area contributed by atoms with Gasteiger partial charge >= 0.3 is 5.97 Å². The van der Waals surface area contributed by atoms with Gasteiger partial charge < -0.3 is 20.6 Å². The van der Waals surface area contributed by atoms with Crippen LogP contribution in [0.5, 0.6) is 5.75 Å². The summed E-state index contributed by atoms with van der Waals surface area (Å²) in [6.07, 6.45) is 1.48. The van der Waals surface area contributed by atoms with Crippen LogP contribution in [0.2, 0.25) is 0 Å². The maximum Gasteiger partial charge on any atom is 0.340 e. The van der Waals surface area contributed by atoms with Gasteiger partial charge in [-0.3, -0.25) is 0 Å². The molecule has 100 valence electrons. The van der Waals surface area contributed by atoms with Crippen LogP contribution >= 0.6 is 0 Å². The zero-order valence-electron chi connectivity index (χ0n) is 11.1. The van der Waals surface area contributed by atoms with Crippen LogP contribution in [0.25, 0.3) is 11.3 Å². The standard InChI is InChI=1S/C14H16N2O3/c1-7-4-9(11(19-3)5-8(7)2)13-12(14(17)18)10(15)6-16-13/h4-6,16H,15H2,1-3H3,(H,17,18). The number of nitrogen functional groups attached to an aromatic ring is 1. The Morgan fingerprint density at radius 2 is 1.95 bits per heavy atom. The topological polar surface area (TPSA) is 88.3 Å². The number of rotatable bonds is 3. The molecule has 0 aliphatic heterocycles. The molecule has 0 unspecified atom stereocenters. The van der Waals surface area contributed by atoms with Gasteiger partial charge in [-0.15, -0.1) is 0 Å². The minimum Gasteiger partial charge on any atom is -0.496 e. The summed E-state index contributed by atoms with van der Waals surface area (Å²) in [5.41, 5.74) is 9.26. The highest BCUT2D eigenvalue weighted by atomic mass is 16.5. The lowest BCUT2D eigenvalue weighted by atomic mass is 10.0. The summed E-state index contributed by atoms with van der Waals surface area (Å²) in [5.74, 6) is -0.443. The molecule has 0 amide bonds. The SMILES string of the molecule is COc1cc(C)c(C)cc1-c1[nH]cc(N)c1C(=O)O. The monoisotopic (exact) mass is 260 g/mol. The normalized spacial score (nSPS) is 10.5. The number of aryl methyl sites for hydroxylation is 2. The van der Waals surface area contributed by atoms with Crippen molar-refractivity contribution in [2.24, 2.45) is 0 Å². The molecule has 0 atom stereocenters. The number of carbonyl (C=O) groups is 1. The van der Waals surface area contributed by atoms with Gasteiger partial charge in [-0.1, -0.05) is 0 Å². The number of anilines is 1. The quantitative estimate of drug-likeness (QED) is 0.791. The molecule has 2 rings (SSSR count). The highest BCUT2D eigenvalue weighted by Crippen LogP contribution is 2.35. The van der Waals surface area contributed by atoms with E-state index in [0.717, 1.165) is 11.1 Å². The number of carboxylic acid groups (broad SMARTS) is 1. The lowest BCUT2D eigenvalue weighted by Gasteiger charge is -2.11. The van der Waals surface area contributed by atoms with E-state index in [1.807, 2.05) is 26.0 Å². The van der Waals surface area contributed by atoms with Gasteiger partial charge in [0.25, 0.3) is 0 Å². The van der Waals surface area contributed by atoms with Crippen LogP contribution in [-0.2, 0) is 0 Å². The number of hydrogen-bond donors (Lipinski definition) is 3. The maximum absolute atomic E-state index is 11.3. The number of hydrogen-bond acceptors (Lipinski definition) is 3. The van der Waals surface area contributed by atoms with E-state index in [1.54, 1.807) is 7.11 Å².